The Hall–Kier alpha value is -2.02. The monoisotopic (exact) mass is 346 g/mol. The van der Waals surface area contributed by atoms with Crippen molar-refractivity contribution in [2.75, 3.05) is 19.3 Å². The number of aliphatic imine (C=N–C) groups is 1. The number of thioether (sulfide) groups is 1. The average Bonchev–Trinajstić information content (AvgIpc) is 3.12. The van der Waals surface area contributed by atoms with E-state index in [0.29, 0.717) is 6.54 Å². The summed E-state index contributed by atoms with van der Waals surface area (Å²) in [6.07, 6.45) is 3.64. The minimum atomic E-state index is 0.169. The Bertz CT molecular complexity index is 651. The van der Waals surface area contributed by atoms with Crippen LogP contribution in [0.2, 0.25) is 0 Å². The van der Waals surface area contributed by atoms with Crippen molar-refractivity contribution in [2.45, 2.75) is 32.1 Å². The standard InChI is InChI=1S/C17H26N6S/c1-5-18-16(20-11-17(2,3)24-4)19-10-13-7-6-8-14(9-13)15-21-12-22-23-15/h6-9,12H,5,10-11H2,1-4H3,(H2,18,19,20)(H,21,22,23). The highest BCUT2D eigenvalue weighted by Crippen LogP contribution is 2.19. The molecule has 2 rings (SSSR count). The van der Waals surface area contributed by atoms with E-state index in [9.17, 15) is 0 Å². The maximum atomic E-state index is 4.68. The van der Waals surface area contributed by atoms with Crippen LogP contribution in [0.1, 0.15) is 26.3 Å². The third-order valence-corrected chi connectivity index (χ3v) is 4.86. The second-order valence-electron chi connectivity index (χ2n) is 6.05. The van der Waals surface area contributed by atoms with Gasteiger partial charge >= 0.3 is 0 Å². The molecule has 0 amide bonds. The van der Waals surface area contributed by atoms with Crippen molar-refractivity contribution in [3.8, 4) is 11.4 Å². The van der Waals surface area contributed by atoms with Crippen molar-refractivity contribution < 1.29 is 0 Å². The Morgan fingerprint density at radius 2 is 2.17 bits per heavy atom. The molecule has 7 heteroatoms. The Morgan fingerprint density at radius 3 is 2.83 bits per heavy atom. The number of nitrogens with one attached hydrogen (secondary N) is 3. The molecule has 0 fully saturated rings. The summed E-state index contributed by atoms with van der Waals surface area (Å²) in [5.41, 5.74) is 2.15. The first-order valence-corrected chi connectivity index (χ1v) is 9.28. The van der Waals surface area contributed by atoms with E-state index in [1.54, 1.807) is 0 Å². The molecular weight excluding hydrogens is 320 g/mol. The highest BCUT2D eigenvalue weighted by molar-refractivity contribution is 7.99. The van der Waals surface area contributed by atoms with Gasteiger partial charge in [-0.1, -0.05) is 18.2 Å². The molecule has 0 aliphatic heterocycles. The van der Waals surface area contributed by atoms with Crippen molar-refractivity contribution in [3.63, 3.8) is 0 Å². The normalized spacial score (nSPS) is 12.2. The number of hydrogen-bond acceptors (Lipinski definition) is 4. The van der Waals surface area contributed by atoms with E-state index in [-0.39, 0.29) is 4.75 Å². The number of H-pyrrole nitrogens is 1. The molecule has 0 bridgehead atoms. The Balaban J connectivity index is 2.04. The van der Waals surface area contributed by atoms with Gasteiger partial charge in [-0.3, -0.25) is 5.10 Å². The maximum absolute atomic E-state index is 4.68. The van der Waals surface area contributed by atoms with Crippen LogP contribution in [-0.4, -0.2) is 45.2 Å². The highest BCUT2D eigenvalue weighted by atomic mass is 32.2. The number of aromatic nitrogens is 3. The van der Waals surface area contributed by atoms with Crippen LogP contribution in [0, 0.1) is 0 Å². The largest absolute Gasteiger partial charge is 0.357 e. The molecule has 0 saturated carbocycles. The van der Waals surface area contributed by atoms with Gasteiger partial charge in [0.1, 0.15) is 6.33 Å². The topological polar surface area (TPSA) is 78.0 Å². The van der Waals surface area contributed by atoms with Crippen molar-refractivity contribution in [2.24, 2.45) is 4.99 Å². The van der Waals surface area contributed by atoms with Gasteiger partial charge in [-0.25, -0.2) is 9.98 Å². The smallest absolute Gasteiger partial charge is 0.191 e. The molecule has 0 aliphatic carbocycles. The lowest BCUT2D eigenvalue weighted by molar-refractivity contribution is 0.665. The summed E-state index contributed by atoms with van der Waals surface area (Å²) in [6, 6.07) is 8.18. The summed E-state index contributed by atoms with van der Waals surface area (Å²) in [6.45, 7) is 8.81. The summed E-state index contributed by atoms with van der Waals surface area (Å²) in [5.74, 6) is 1.61. The summed E-state index contributed by atoms with van der Waals surface area (Å²) in [7, 11) is 0. The molecule has 0 radical (unpaired) electrons. The molecule has 0 saturated heterocycles. The zero-order valence-corrected chi connectivity index (χ0v) is 15.6. The molecule has 2 aromatic rings. The fraction of sp³-hybridized carbons (Fsp3) is 0.471. The number of nitrogens with zero attached hydrogens (tertiary/aromatic N) is 3. The van der Waals surface area contributed by atoms with Crippen LogP contribution in [0.5, 0.6) is 0 Å². The van der Waals surface area contributed by atoms with Crippen LogP contribution in [0.4, 0.5) is 0 Å². The zero-order valence-electron chi connectivity index (χ0n) is 14.8. The van der Waals surface area contributed by atoms with E-state index in [2.05, 4.69) is 70.0 Å². The van der Waals surface area contributed by atoms with Crippen LogP contribution >= 0.6 is 11.8 Å². The third-order valence-electron chi connectivity index (χ3n) is 3.61. The van der Waals surface area contributed by atoms with Gasteiger partial charge in [0.05, 0.1) is 6.54 Å². The lowest BCUT2D eigenvalue weighted by atomic mass is 10.1. The van der Waals surface area contributed by atoms with Crippen molar-refractivity contribution in [1.29, 1.82) is 0 Å². The molecule has 0 atom stereocenters. The maximum Gasteiger partial charge on any atom is 0.191 e. The predicted molar refractivity (Wildman–Crippen MR) is 102 cm³/mol. The molecule has 3 N–H and O–H groups in total. The molecule has 1 aromatic heterocycles. The van der Waals surface area contributed by atoms with Gasteiger partial charge in [-0.2, -0.15) is 16.9 Å². The van der Waals surface area contributed by atoms with Gasteiger partial charge in [0.25, 0.3) is 0 Å². The van der Waals surface area contributed by atoms with Crippen molar-refractivity contribution in [3.05, 3.63) is 36.2 Å². The molecule has 0 spiro atoms. The minimum absolute atomic E-state index is 0.169. The van der Waals surface area contributed by atoms with Gasteiger partial charge in [0.15, 0.2) is 11.8 Å². The average molecular weight is 347 g/mol. The van der Waals surface area contributed by atoms with Gasteiger partial charge in [0.2, 0.25) is 0 Å². The number of aromatic amines is 1. The van der Waals surface area contributed by atoms with E-state index in [1.165, 1.54) is 6.33 Å². The Morgan fingerprint density at radius 1 is 1.33 bits per heavy atom. The molecule has 0 unspecified atom stereocenters. The van der Waals surface area contributed by atoms with E-state index in [0.717, 1.165) is 36.0 Å². The van der Waals surface area contributed by atoms with E-state index in [1.807, 2.05) is 23.9 Å². The minimum Gasteiger partial charge on any atom is -0.357 e. The summed E-state index contributed by atoms with van der Waals surface area (Å²) >= 11 is 1.84. The number of guanidine groups is 1. The zero-order chi connectivity index (χ0) is 17.4. The molecule has 130 valence electrons. The Labute approximate surface area is 148 Å². The number of rotatable bonds is 7. The second-order valence-corrected chi connectivity index (χ2v) is 7.56. The predicted octanol–water partition coefficient (Wildman–Crippen LogP) is 2.67. The first-order chi connectivity index (χ1) is 11.5. The summed E-state index contributed by atoms with van der Waals surface area (Å²) in [5, 5.41) is 13.5. The molecule has 1 aromatic carbocycles. The first-order valence-electron chi connectivity index (χ1n) is 8.06. The van der Waals surface area contributed by atoms with Crippen LogP contribution in [0.15, 0.2) is 35.6 Å². The quantitative estimate of drug-likeness (QED) is 0.531. The number of benzene rings is 1. The van der Waals surface area contributed by atoms with Gasteiger partial charge in [0, 0.05) is 23.4 Å². The lowest BCUT2D eigenvalue weighted by Crippen LogP contribution is -2.43. The van der Waals surface area contributed by atoms with Crippen molar-refractivity contribution in [1.82, 2.24) is 25.8 Å². The van der Waals surface area contributed by atoms with Crippen LogP contribution in [-0.2, 0) is 6.54 Å². The van der Waals surface area contributed by atoms with Crippen LogP contribution in [0.25, 0.3) is 11.4 Å². The van der Waals surface area contributed by atoms with Gasteiger partial charge in [-0.15, -0.1) is 0 Å². The molecule has 1 heterocycles. The third kappa shape index (κ3) is 5.56. The fourth-order valence-corrected chi connectivity index (χ4v) is 2.26. The molecular formula is C17H26N6S. The van der Waals surface area contributed by atoms with Crippen LogP contribution in [0.3, 0.4) is 0 Å². The van der Waals surface area contributed by atoms with E-state index >= 15 is 0 Å². The fourth-order valence-electron chi connectivity index (χ4n) is 2.04. The SMILES string of the molecule is CCNC(=NCc1cccc(-c2ncn[nH]2)c1)NCC(C)(C)SC. The van der Waals surface area contributed by atoms with Gasteiger partial charge in [-0.05, 0) is 38.7 Å². The van der Waals surface area contributed by atoms with E-state index in [4.69, 9.17) is 0 Å². The second kappa shape index (κ2) is 8.73. The molecule has 24 heavy (non-hydrogen) atoms. The van der Waals surface area contributed by atoms with Crippen molar-refractivity contribution >= 4 is 17.7 Å². The van der Waals surface area contributed by atoms with Crippen LogP contribution < -0.4 is 10.6 Å². The highest BCUT2D eigenvalue weighted by Gasteiger charge is 2.16. The van der Waals surface area contributed by atoms with E-state index < -0.39 is 0 Å². The first kappa shape index (κ1) is 18.3. The Kier molecular flexibility index (Phi) is 6.66. The molecule has 0 aliphatic rings. The molecule has 6 nitrogen and oxygen atoms in total. The summed E-state index contributed by atoms with van der Waals surface area (Å²) < 4.78 is 0.169. The summed E-state index contributed by atoms with van der Waals surface area (Å²) in [4.78, 5) is 8.87. The lowest BCUT2D eigenvalue weighted by Gasteiger charge is -2.23. The number of hydrogen-bond donors (Lipinski definition) is 3. The van der Waals surface area contributed by atoms with Gasteiger partial charge < -0.3 is 10.6 Å².